The summed E-state index contributed by atoms with van der Waals surface area (Å²) in [6, 6.07) is 7.27. The Morgan fingerprint density at radius 1 is 1.50 bits per heavy atom. The van der Waals surface area contributed by atoms with E-state index in [2.05, 4.69) is 15.5 Å². The van der Waals surface area contributed by atoms with Gasteiger partial charge in [-0.25, -0.2) is 0 Å². The quantitative estimate of drug-likeness (QED) is 0.513. The zero-order valence-corrected chi connectivity index (χ0v) is 13.1. The van der Waals surface area contributed by atoms with E-state index in [4.69, 9.17) is 11.6 Å². The van der Waals surface area contributed by atoms with Crippen LogP contribution in [-0.2, 0) is 4.79 Å². The highest BCUT2D eigenvalue weighted by molar-refractivity contribution is 8.01. The van der Waals surface area contributed by atoms with E-state index in [0.29, 0.717) is 10.2 Å². The van der Waals surface area contributed by atoms with Gasteiger partial charge in [0.05, 0.1) is 0 Å². The topological polar surface area (TPSA) is 54.9 Å². The molecule has 7 heteroatoms. The van der Waals surface area contributed by atoms with E-state index in [-0.39, 0.29) is 5.91 Å². The Balaban J connectivity index is 1.94. The van der Waals surface area contributed by atoms with Crippen LogP contribution in [0.2, 0.25) is 5.02 Å². The molecule has 1 aromatic heterocycles. The van der Waals surface area contributed by atoms with Gasteiger partial charge < -0.3 is 0 Å². The molecule has 2 aromatic rings. The Kier molecular flexibility index (Phi) is 5.58. The zero-order valence-electron chi connectivity index (χ0n) is 10.7. The summed E-state index contributed by atoms with van der Waals surface area (Å²) in [6.45, 7) is 2.04. The fourth-order valence-corrected chi connectivity index (χ4v) is 3.22. The molecule has 0 saturated carbocycles. The highest BCUT2D eigenvalue weighted by Gasteiger charge is 2.05. The molecular weight excluding hydrogens is 314 g/mol. The largest absolute Gasteiger partial charge is 0.297 e. The third kappa shape index (κ3) is 4.63. The maximum absolute atomic E-state index is 11.7. The summed E-state index contributed by atoms with van der Waals surface area (Å²) in [5, 5.41) is 11.7. The van der Waals surface area contributed by atoms with Crippen LogP contribution in [0.1, 0.15) is 12.5 Å². The molecular formula is C13H12ClN3OS2. The molecule has 0 bridgehead atoms. The first-order chi connectivity index (χ1) is 9.67. The number of nitrogens with one attached hydrogen (secondary N) is 1. The van der Waals surface area contributed by atoms with E-state index in [9.17, 15) is 4.79 Å². The number of hydrogen-bond donors (Lipinski definition) is 1. The van der Waals surface area contributed by atoms with Crippen LogP contribution in [0.4, 0.5) is 5.13 Å². The van der Waals surface area contributed by atoms with Gasteiger partial charge in [-0.2, -0.15) is 0 Å². The van der Waals surface area contributed by atoms with E-state index in [1.807, 2.05) is 19.1 Å². The van der Waals surface area contributed by atoms with Crippen molar-refractivity contribution in [3.05, 3.63) is 40.9 Å². The molecule has 0 atom stereocenters. The summed E-state index contributed by atoms with van der Waals surface area (Å²) >= 11 is 8.83. The van der Waals surface area contributed by atoms with Crippen LogP contribution in [-0.4, -0.2) is 21.9 Å². The molecule has 4 nitrogen and oxygen atoms in total. The molecule has 2 rings (SSSR count). The zero-order chi connectivity index (χ0) is 14.4. The summed E-state index contributed by atoms with van der Waals surface area (Å²) in [6.07, 6.45) is 3.14. The molecule has 20 heavy (non-hydrogen) atoms. The minimum absolute atomic E-state index is 0.242. The summed E-state index contributed by atoms with van der Waals surface area (Å²) in [7, 11) is 0. The normalized spacial score (nSPS) is 10.9. The van der Waals surface area contributed by atoms with Gasteiger partial charge >= 0.3 is 0 Å². The van der Waals surface area contributed by atoms with Crippen LogP contribution in [0.3, 0.4) is 0 Å². The van der Waals surface area contributed by atoms with Crippen molar-refractivity contribution in [2.75, 3.05) is 11.1 Å². The Morgan fingerprint density at radius 3 is 3.10 bits per heavy atom. The number of rotatable bonds is 5. The van der Waals surface area contributed by atoms with E-state index in [1.54, 1.807) is 30.0 Å². The summed E-state index contributed by atoms with van der Waals surface area (Å²) in [4.78, 5) is 11.7. The predicted octanol–water partition coefficient (Wildman–Crippen LogP) is 3.96. The van der Waals surface area contributed by atoms with Crippen molar-refractivity contribution in [3.8, 4) is 0 Å². The molecule has 0 aliphatic heterocycles. The fraction of sp³-hybridized carbons (Fsp3) is 0.154. The Labute approximate surface area is 130 Å². The van der Waals surface area contributed by atoms with E-state index >= 15 is 0 Å². The Morgan fingerprint density at radius 2 is 2.35 bits per heavy atom. The second-order valence-electron chi connectivity index (χ2n) is 3.68. The van der Waals surface area contributed by atoms with Gasteiger partial charge in [0.25, 0.3) is 0 Å². The minimum atomic E-state index is -0.242. The summed E-state index contributed by atoms with van der Waals surface area (Å²) in [5.41, 5.74) is 0.868. The Bertz CT molecular complexity index is 628. The maximum Gasteiger partial charge on any atom is 0.250 e. The van der Waals surface area contributed by atoms with Crippen molar-refractivity contribution in [1.82, 2.24) is 10.2 Å². The SMILES string of the molecule is CCSc1nnc(NC(=O)/C=C/c2cccc(Cl)c2)s1. The van der Waals surface area contributed by atoms with Crippen molar-refractivity contribution in [3.63, 3.8) is 0 Å². The first-order valence-corrected chi connectivity index (χ1v) is 8.06. The molecule has 0 spiro atoms. The third-order valence-electron chi connectivity index (χ3n) is 2.18. The van der Waals surface area contributed by atoms with Gasteiger partial charge in [-0.15, -0.1) is 10.2 Å². The van der Waals surface area contributed by atoms with E-state index < -0.39 is 0 Å². The number of amides is 1. The third-order valence-corrected chi connectivity index (χ3v) is 4.27. The van der Waals surface area contributed by atoms with E-state index in [0.717, 1.165) is 15.7 Å². The smallest absolute Gasteiger partial charge is 0.250 e. The van der Waals surface area contributed by atoms with Gasteiger partial charge in [0, 0.05) is 11.1 Å². The molecule has 1 N–H and O–H groups in total. The van der Waals surface area contributed by atoms with Gasteiger partial charge in [0.2, 0.25) is 11.0 Å². The number of hydrogen-bond acceptors (Lipinski definition) is 5. The van der Waals surface area contributed by atoms with Crippen LogP contribution in [0.15, 0.2) is 34.7 Å². The van der Waals surface area contributed by atoms with Crippen LogP contribution in [0.5, 0.6) is 0 Å². The first kappa shape index (κ1) is 15.0. The van der Waals surface area contributed by atoms with Crippen molar-refractivity contribution in [1.29, 1.82) is 0 Å². The number of carbonyl (C=O) groups is 1. The van der Waals surface area contributed by atoms with Crippen molar-refractivity contribution in [2.24, 2.45) is 0 Å². The first-order valence-electron chi connectivity index (χ1n) is 5.88. The molecule has 104 valence electrons. The van der Waals surface area contributed by atoms with Gasteiger partial charge in [-0.1, -0.05) is 53.8 Å². The molecule has 0 fully saturated rings. The number of carbonyl (C=O) groups excluding carboxylic acids is 1. The van der Waals surface area contributed by atoms with Crippen LogP contribution in [0.25, 0.3) is 6.08 Å². The molecule has 1 aromatic carbocycles. The number of aromatic nitrogens is 2. The second kappa shape index (κ2) is 7.42. The molecule has 0 radical (unpaired) electrons. The standard InChI is InChI=1S/C13H12ClN3OS2/c1-2-19-13-17-16-12(20-13)15-11(18)7-6-9-4-3-5-10(14)8-9/h3-8H,2H2,1H3,(H,15,16,18)/b7-6+. The van der Waals surface area contributed by atoms with Gasteiger partial charge in [0.15, 0.2) is 4.34 Å². The number of nitrogens with zero attached hydrogens (tertiary/aromatic N) is 2. The molecule has 0 aliphatic rings. The van der Waals surface area contributed by atoms with Crippen molar-refractivity contribution < 1.29 is 4.79 Å². The average Bonchev–Trinajstić information content (AvgIpc) is 2.84. The number of thioether (sulfide) groups is 1. The number of halogens is 1. The molecule has 0 aliphatic carbocycles. The van der Waals surface area contributed by atoms with Crippen LogP contribution < -0.4 is 5.32 Å². The Hall–Kier alpha value is -1.37. The van der Waals surface area contributed by atoms with Crippen molar-refractivity contribution >= 4 is 51.8 Å². The number of benzene rings is 1. The highest BCUT2D eigenvalue weighted by Crippen LogP contribution is 2.24. The lowest BCUT2D eigenvalue weighted by Gasteiger charge is -1.96. The van der Waals surface area contributed by atoms with Crippen LogP contribution in [0, 0.1) is 0 Å². The fourth-order valence-electron chi connectivity index (χ4n) is 1.37. The lowest BCUT2D eigenvalue weighted by atomic mass is 10.2. The van der Waals surface area contributed by atoms with Crippen molar-refractivity contribution in [2.45, 2.75) is 11.3 Å². The summed E-state index contributed by atoms with van der Waals surface area (Å²) < 4.78 is 0.849. The van der Waals surface area contributed by atoms with Gasteiger partial charge in [-0.05, 0) is 29.5 Å². The molecule has 0 unspecified atom stereocenters. The predicted molar refractivity (Wildman–Crippen MR) is 85.4 cm³/mol. The van der Waals surface area contributed by atoms with Gasteiger partial charge in [0.1, 0.15) is 0 Å². The maximum atomic E-state index is 11.7. The van der Waals surface area contributed by atoms with Gasteiger partial charge in [-0.3, -0.25) is 10.1 Å². The number of anilines is 1. The molecule has 0 saturated heterocycles. The summed E-state index contributed by atoms with van der Waals surface area (Å²) in [5.74, 6) is 0.686. The lowest BCUT2D eigenvalue weighted by molar-refractivity contribution is -0.111. The monoisotopic (exact) mass is 325 g/mol. The highest BCUT2D eigenvalue weighted by atomic mass is 35.5. The lowest BCUT2D eigenvalue weighted by Crippen LogP contribution is -2.07. The second-order valence-corrected chi connectivity index (χ2v) is 6.61. The van der Waals surface area contributed by atoms with E-state index in [1.165, 1.54) is 17.4 Å². The minimum Gasteiger partial charge on any atom is -0.297 e. The van der Waals surface area contributed by atoms with Crippen LogP contribution >= 0.6 is 34.7 Å². The molecule has 1 heterocycles. The average molecular weight is 326 g/mol. The molecule has 1 amide bonds.